The van der Waals surface area contributed by atoms with Crippen LogP contribution in [0, 0.1) is 0 Å². The Balaban J connectivity index is 1.58. The smallest absolute Gasteiger partial charge is 0.248 e. The molecule has 202 valence electrons. The third-order valence-corrected chi connectivity index (χ3v) is 7.50. The van der Waals surface area contributed by atoms with Gasteiger partial charge in [-0.3, -0.25) is 14.5 Å². The van der Waals surface area contributed by atoms with Crippen LogP contribution in [-0.4, -0.2) is 37.1 Å². The number of aromatic amines is 1. The lowest BCUT2D eigenvalue weighted by molar-refractivity contribution is -0.127. The number of aromatic nitrogens is 1. The quantitative estimate of drug-likeness (QED) is 0.283. The number of para-hydroxylation sites is 2. The summed E-state index contributed by atoms with van der Waals surface area (Å²) in [5, 5.41) is 4.26. The Morgan fingerprint density at radius 3 is 2.38 bits per heavy atom. The van der Waals surface area contributed by atoms with E-state index in [0.29, 0.717) is 22.7 Å². The molecule has 1 aliphatic rings. The van der Waals surface area contributed by atoms with E-state index in [9.17, 15) is 9.59 Å². The summed E-state index contributed by atoms with van der Waals surface area (Å²) >= 11 is 0. The fourth-order valence-corrected chi connectivity index (χ4v) is 5.52. The van der Waals surface area contributed by atoms with Crippen LogP contribution in [0.5, 0.6) is 11.5 Å². The minimum Gasteiger partial charge on any atom is -0.493 e. The van der Waals surface area contributed by atoms with Gasteiger partial charge in [0.15, 0.2) is 11.5 Å². The van der Waals surface area contributed by atoms with Gasteiger partial charge in [0.25, 0.3) is 0 Å². The van der Waals surface area contributed by atoms with Crippen LogP contribution in [0.4, 0.5) is 5.69 Å². The number of hydrogen-bond acceptors (Lipinski definition) is 4. The van der Waals surface area contributed by atoms with Gasteiger partial charge in [-0.15, -0.1) is 0 Å². The summed E-state index contributed by atoms with van der Waals surface area (Å²) in [6, 6.07) is 21.9. The first kappa shape index (κ1) is 26.4. The maximum Gasteiger partial charge on any atom is 0.248 e. The van der Waals surface area contributed by atoms with E-state index in [1.807, 2.05) is 66.9 Å². The highest BCUT2D eigenvalue weighted by Gasteiger charge is 2.35. The van der Waals surface area contributed by atoms with Crippen molar-refractivity contribution in [2.75, 3.05) is 19.1 Å². The van der Waals surface area contributed by atoms with E-state index >= 15 is 0 Å². The number of carbonyl (C=O) groups excluding carboxylic acids is 2. The highest BCUT2D eigenvalue weighted by Crippen LogP contribution is 2.35. The molecule has 5 rings (SSSR count). The number of benzene rings is 3. The molecule has 1 fully saturated rings. The molecule has 0 radical (unpaired) electrons. The Bertz CT molecular complexity index is 1430. The van der Waals surface area contributed by atoms with E-state index in [1.165, 1.54) is 6.42 Å². The third kappa shape index (κ3) is 5.77. The fraction of sp³-hybridized carbons (Fsp3) is 0.312. The molecule has 0 saturated heterocycles. The Kier molecular flexibility index (Phi) is 8.16. The molecule has 1 heterocycles. The standard InChI is InChI=1S/C32H35N3O4/c1-38-28-18-17-22(19-29(28)39-2)31(32(37)34-24-11-5-3-6-12-24)35(25-13-7-4-8-14-25)30(36)20-23-21-33-27-16-10-9-15-26(23)27/h4,7-10,13-19,21,24,31,33H,3,5-6,11-12,20H2,1-2H3,(H,34,37)/t31-/m0/s1. The number of ether oxygens (including phenoxy) is 2. The number of H-pyrrole nitrogens is 1. The molecular formula is C32H35N3O4. The fourth-order valence-electron chi connectivity index (χ4n) is 5.52. The van der Waals surface area contributed by atoms with E-state index in [0.717, 1.165) is 42.1 Å². The molecule has 7 heteroatoms. The molecular weight excluding hydrogens is 490 g/mol. The molecule has 3 aromatic carbocycles. The Morgan fingerprint density at radius 2 is 1.64 bits per heavy atom. The Labute approximate surface area is 229 Å². The lowest BCUT2D eigenvalue weighted by Crippen LogP contribution is -2.47. The van der Waals surface area contributed by atoms with Crippen LogP contribution in [-0.2, 0) is 16.0 Å². The largest absolute Gasteiger partial charge is 0.493 e. The van der Waals surface area contributed by atoms with Gasteiger partial charge in [0.05, 0.1) is 20.6 Å². The molecule has 1 aliphatic carbocycles. The first-order chi connectivity index (χ1) is 19.1. The SMILES string of the molecule is COc1ccc([C@@H](C(=O)NC2CCCCC2)N(C(=O)Cc2c[nH]c3ccccc23)c2ccccc2)cc1OC. The maximum atomic E-state index is 14.2. The van der Waals surface area contributed by atoms with Crippen molar-refractivity contribution < 1.29 is 19.1 Å². The van der Waals surface area contributed by atoms with Crippen molar-refractivity contribution in [3.8, 4) is 11.5 Å². The molecule has 4 aromatic rings. The van der Waals surface area contributed by atoms with Gasteiger partial charge in [0.2, 0.25) is 11.8 Å². The van der Waals surface area contributed by atoms with Crippen LogP contribution in [0.1, 0.15) is 49.3 Å². The third-order valence-electron chi connectivity index (χ3n) is 7.50. The van der Waals surface area contributed by atoms with E-state index in [1.54, 1.807) is 31.3 Å². The van der Waals surface area contributed by atoms with Crippen molar-refractivity contribution in [1.29, 1.82) is 0 Å². The zero-order chi connectivity index (χ0) is 27.2. The summed E-state index contributed by atoms with van der Waals surface area (Å²) in [6.45, 7) is 0. The van der Waals surface area contributed by atoms with Gasteiger partial charge in [-0.1, -0.05) is 61.7 Å². The minimum atomic E-state index is -0.896. The summed E-state index contributed by atoms with van der Waals surface area (Å²) < 4.78 is 11.0. The molecule has 39 heavy (non-hydrogen) atoms. The number of hydrogen-bond donors (Lipinski definition) is 2. The van der Waals surface area contributed by atoms with Gasteiger partial charge in [0.1, 0.15) is 6.04 Å². The summed E-state index contributed by atoms with van der Waals surface area (Å²) in [5.74, 6) is 0.682. The zero-order valence-electron chi connectivity index (χ0n) is 22.5. The predicted octanol–water partition coefficient (Wildman–Crippen LogP) is 5.95. The van der Waals surface area contributed by atoms with Gasteiger partial charge in [-0.2, -0.15) is 0 Å². The first-order valence-corrected chi connectivity index (χ1v) is 13.5. The van der Waals surface area contributed by atoms with Crippen LogP contribution < -0.4 is 19.7 Å². The molecule has 2 amide bonds. The second kappa shape index (κ2) is 12.1. The molecule has 1 atom stereocenters. The van der Waals surface area contributed by atoms with E-state index in [2.05, 4.69) is 10.3 Å². The van der Waals surface area contributed by atoms with Crippen molar-refractivity contribution in [3.63, 3.8) is 0 Å². The highest BCUT2D eigenvalue weighted by molar-refractivity contribution is 6.03. The van der Waals surface area contributed by atoms with Crippen molar-refractivity contribution in [3.05, 3.63) is 90.1 Å². The Hall–Kier alpha value is -4.26. The molecule has 2 N–H and O–H groups in total. The van der Waals surface area contributed by atoms with Gasteiger partial charge >= 0.3 is 0 Å². The average molecular weight is 526 g/mol. The molecule has 7 nitrogen and oxygen atoms in total. The number of amides is 2. The van der Waals surface area contributed by atoms with Gasteiger partial charge in [-0.25, -0.2) is 0 Å². The zero-order valence-corrected chi connectivity index (χ0v) is 22.5. The number of anilines is 1. The lowest BCUT2D eigenvalue weighted by Gasteiger charge is -2.33. The van der Waals surface area contributed by atoms with Crippen molar-refractivity contribution in [2.24, 2.45) is 0 Å². The highest BCUT2D eigenvalue weighted by atomic mass is 16.5. The van der Waals surface area contributed by atoms with Crippen molar-refractivity contribution >= 4 is 28.4 Å². The monoisotopic (exact) mass is 525 g/mol. The van der Waals surface area contributed by atoms with Gasteiger partial charge < -0.3 is 19.8 Å². The van der Waals surface area contributed by atoms with Crippen molar-refractivity contribution in [1.82, 2.24) is 10.3 Å². The molecule has 0 aliphatic heterocycles. The molecule has 1 aromatic heterocycles. The topological polar surface area (TPSA) is 83.7 Å². The molecule has 0 unspecified atom stereocenters. The maximum absolute atomic E-state index is 14.2. The lowest BCUT2D eigenvalue weighted by atomic mass is 9.94. The number of fused-ring (bicyclic) bond motifs is 1. The summed E-state index contributed by atoms with van der Waals surface area (Å²) in [4.78, 5) is 33.2. The van der Waals surface area contributed by atoms with Crippen LogP contribution in [0.15, 0.2) is 79.0 Å². The average Bonchev–Trinajstić information content (AvgIpc) is 3.38. The van der Waals surface area contributed by atoms with Gasteiger partial charge in [-0.05, 0) is 54.3 Å². The Morgan fingerprint density at radius 1 is 0.923 bits per heavy atom. The van der Waals surface area contributed by atoms with Crippen LogP contribution in [0.3, 0.4) is 0 Å². The van der Waals surface area contributed by atoms with Gasteiger partial charge in [0, 0.05) is 28.8 Å². The number of nitrogens with one attached hydrogen (secondary N) is 2. The number of nitrogens with zero attached hydrogens (tertiary/aromatic N) is 1. The molecule has 1 saturated carbocycles. The minimum absolute atomic E-state index is 0.0928. The van der Waals surface area contributed by atoms with Crippen LogP contribution >= 0.6 is 0 Å². The number of rotatable bonds is 9. The van der Waals surface area contributed by atoms with Crippen LogP contribution in [0.25, 0.3) is 10.9 Å². The van der Waals surface area contributed by atoms with E-state index in [4.69, 9.17) is 9.47 Å². The van der Waals surface area contributed by atoms with E-state index < -0.39 is 6.04 Å². The molecule has 0 bridgehead atoms. The number of methoxy groups -OCH3 is 2. The van der Waals surface area contributed by atoms with Crippen molar-refractivity contribution in [2.45, 2.75) is 50.6 Å². The normalized spacial score (nSPS) is 14.5. The number of carbonyl (C=O) groups is 2. The molecule has 0 spiro atoms. The predicted molar refractivity (Wildman–Crippen MR) is 153 cm³/mol. The summed E-state index contributed by atoms with van der Waals surface area (Å²) in [6.07, 6.45) is 7.27. The second-order valence-corrected chi connectivity index (χ2v) is 10.00. The first-order valence-electron chi connectivity index (χ1n) is 13.5. The van der Waals surface area contributed by atoms with Crippen LogP contribution in [0.2, 0.25) is 0 Å². The summed E-state index contributed by atoms with van der Waals surface area (Å²) in [7, 11) is 3.14. The summed E-state index contributed by atoms with van der Waals surface area (Å²) in [5.41, 5.74) is 3.16. The second-order valence-electron chi connectivity index (χ2n) is 10.00. The van der Waals surface area contributed by atoms with E-state index in [-0.39, 0.29) is 24.3 Å².